The van der Waals surface area contributed by atoms with E-state index >= 15 is 0 Å². The summed E-state index contributed by atoms with van der Waals surface area (Å²) in [6, 6.07) is 30.2. The van der Waals surface area contributed by atoms with Gasteiger partial charge in [0.2, 0.25) is 0 Å². The molecule has 4 aromatic rings. The van der Waals surface area contributed by atoms with E-state index in [9.17, 15) is 0 Å². The quantitative estimate of drug-likeness (QED) is 0.404. The summed E-state index contributed by atoms with van der Waals surface area (Å²) in [6.07, 6.45) is 0. The Morgan fingerprint density at radius 3 is 1.74 bits per heavy atom. The van der Waals surface area contributed by atoms with Crippen LogP contribution in [-0.4, -0.2) is 0 Å². The van der Waals surface area contributed by atoms with Crippen molar-refractivity contribution in [2.75, 3.05) is 11.5 Å². The van der Waals surface area contributed by atoms with E-state index in [-0.39, 0.29) is 0 Å². The molecular weight excluding hydrogens is 352 g/mol. The smallest absolute Gasteiger partial charge is 0.0412 e. The monoisotopic (exact) mass is 370 g/mol. The summed E-state index contributed by atoms with van der Waals surface area (Å²) in [5, 5.41) is 0.708. The molecule has 0 aromatic heterocycles. The largest absolute Gasteiger partial charge is 0.399 e. The topological polar surface area (TPSA) is 52.0 Å². The molecular formula is C24H19ClN2. The minimum atomic E-state index is 0.708. The molecule has 2 nitrogen and oxygen atoms in total. The summed E-state index contributed by atoms with van der Waals surface area (Å²) in [7, 11) is 0. The van der Waals surface area contributed by atoms with Crippen LogP contribution >= 0.6 is 11.6 Å². The Balaban J connectivity index is 1.76. The predicted molar refractivity (Wildman–Crippen MR) is 117 cm³/mol. The van der Waals surface area contributed by atoms with E-state index < -0.39 is 0 Å². The van der Waals surface area contributed by atoms with Gasteiger partial charge in [-0.3, -0.25) is 0 Å². The first kappa shape index (κ1) is 17.2. The van der Waals surface area contributed by atoms with Crippen LogP contribution in [0.15, 0.2) is 91.0 Å². The van der Waals surface area contributed by atoms with Crippen molar-refractivity contribution in [2.45, 2.75) is 0 Å². The van der Waals surface area contributed by atoms with Crippen LogP contribution in [0, 0.1) is 0 Å². The number of benzene rings is 4. The normalized spacial score (nSPS) is 10.7. The van der Waals surface area contributed by atoms with Crippen LogP contribution < -0.4 is 11.5 Å². The van der Waals surface area contributed by atoms with Crippen molar-refractivity contribution in [3.8, 4) is 33.4 Å². The molecule has 4 rings (SSSR count). The third-order valence-corrected chi connectivity index (χ3v) is 4.85. The number of halogens is 1. The van der Waals surface area contributed by atoms with Gasteiger partial charge in [0.25, 0.3) is 0 Å². The average molecular weight is 371 g/mol. The molecule has 0 aliphatic heterocycles. The zero-order valence-corrected chi connectivity index (χ0v) is 15.4. The number of rotatable bonds is 3. The molecule has 4 aromatic carbocycles. The number of anilines is 2. The van der Waals surface area contributed by atoms with E-state index in [1.807, 2.05) is 60.7 Å². The van der Waals surface area contributed by atoms with Gasteiger partial charge in [-0.1, -0.05) is 66.2 Å². The molecule has 0 spiro atoms. The zero-order valence-electron chi connectivity index (χ0n) is 14.7. The lowest BCUT2D eigenvalue weighted by Crippen LogP contribution is -1.90. The number of hydrogen-bond acceptors (Lipinski definition) is 2. The molecule has 0 saturated carbocycles. The Kier molecular flexibility index (Phi) is 4.57. The number of nitrogens with two attached hydrogens (primary N) is 2. The fourth-order valence-corrected chi connectivity index (χ4v) is 3.42. The van der Waals surface area contributed by atoms with Crippen LogP contribution in [0.5, 0.6) is 0 Å². The Morgan fingerprint density at radius 1 is 0.481 bits per heavy atom. The minimum absolute atomic E-state index is 0.708. The summed E-state index contributed by atoms with van der Waals surface area (Å²) < 4.78 is 0. The van der Waals surface area contributed by atoms with Gasteiger partial charge in [-0.15, -0.1) is 0 Å². The number of hydrogen-bond donors (Lipinski definition) is 2. The van der Waals surface area contributed by atoms with Crippen LogP contribution in [0.1, 0.15) is 0 Å². The summed E-state index contributed by atoms with van der Waals surface area (Å²) in [6.45, 7) is 0. The molecule has 132 valence electrons. The Bertz CT molecular complexity index is 1080. The van der Waals surface area contributed by atoms with Crippen molar-refractivity contribution in [2.24, 2.45) is 0 Å². The van der Waals surface area contributed by atoms with E-state index in [0.717, 1.165) is 44.8 Å². The van der Waals surface area contributed by atoms with E-state index in [4.69, 9.17) is 23.1 Å². The van der Waals surface area contributed by atoms with Gasteiger partial charge >= 0.3 is 0 Å². The van der Waals surface area contributed by atoms with Crippen molar-refractivity contribution in [3.05, 3.63) is 96.0 Å². The van der Waals surface area contributed by atoms with Crippen molar-refractivity contribution >= 4 is 23.0 Å². The van der Waals surface area contributed by atoms with Crippen LogP contribution in [0.25, 0.3) is 33.4 Å². The standard InChI is InChI=1S/C24H19ClN2/c25-20-3-1-2-19(14-20)24-15-22(27)12-13-23(24)18-6-4-16(5-7-18)17-8-10-21(26)11-9-17/h1-15H,26-27H2. The zero-order chi connectivity index (χ0) is 18.8. The highest BCUT2D eigenvalue weighted by atomic mass is 35.5. The van der Waals surface area contributed by atoms with E-state index in [0.29, 0.717) is 5.02 Å². The van der Waals surface area contributed by atoms with Crippen LogP contribution in [-0.2, 0) is 0 Å². The van der Waals surface area contributed by atoms with Gasteiger partial charge in [-0.2, -0.15) is 0 Å². The first-order valence-electron chi connectivity index (χ1n) is 8.72. The fourth-order valence-electron chi connectivity index (χ4n) is 3.23. The maximum absolute atomic E-state index is 6.19. The molecule has 4 N–H and O–H groups in total. The van der Waals surface area contributed by atoms with Crippen LogP contribution in [0.3, 0.4) is 0 Å². The third kappa shape index (κ3) is 3.67. The molecule has 0 atom stereocenters. The third-order valence-electron chi connectivity index (χ3n) is 4.62. The van der Waals surface area contributed by atoms with Crippen LogP contribution in [0.2, 0.25) is 5.02 Å². The van der Waals surface area contributed by atoms with E-state index in [2.05, 4.69) is 30.3 Å². The number of nitrogen functional groups attached to an aromatic ring is 2. The summed E-state index contributed by atoms with van der Waals surface area (Å²) in [5.41, 5.74) is 20.0. The second kappa shape index (κ2) is 7.18. The lowest BCUT2D eigenvalue weighted by molar-refractivity contribution is 1.56. The van der Waals surface area contributed by atoms with Gasteiger partial charge in [-0.05, 0) is 69.8 Å². The maximum Gasteiger partial charge on any atom is 0.0412 e. The molecule has 0 fully saturated rings. The highest BCUT2D eigenvalue weighted by Gasteiger charge is 2.09. The van der Waals surface area contributed by atoms with Gasteiger partial charge in [0.1, 0.15) is 0 Å². The first-order chi connectivity index (χ1) is 13.1. The molecule has 3 heteroatoms. The minimum Gasteiger partial charge on any atom is -0.399 e. The first-order valence-corrected chi connectivity index (χ1v) is 9.10. The predicted octanol–water partition coefficient (Wildman–Crippen LogP) is 6.51. The lowest BCUT2D eigenvalue weighted by Gasteiger charge is -2.12. The van der Waals surface area contributed by atoms with E-state index in [1.165, 1.54) is 0 Å². The van der Waals surface area contributed by atoms with Gasteiger partial charge < -0.3 is 11.5 Å². The maximum atomic E-state index is 6.19. The van der Waals surface area contributed by atoms with Gasteiger partial charge in [0, 0.05) is 16.4 Å². The summed E-state index contributed by atoms with van der Waals surface area (Å²) >= 11 is 6.19. The summed E-state index contributed by atoms with van der Waals surface area (Å²) in [4.78, 5) is 0. The lowest BCUT2D eigenvalue weighted by atomic mass is 9.93. The molecule has 0 saturated heterocycles. The van der Waals surface area contributed by atoms with Crippen molar-refractivity contribution in [3.63, 3.8) is 0 Å². The molecule has 0 unspecified atom stereocenters. The molecule has 0 amide bonds. The Labute approximate surface area is 164 Å². The fraction of sp³-hybridized carbons (Fsp3) is 0. The molecule has 0 bridgehead atoms. The highest BCUT2D eigenvalue weighted by Crippen LogP contribution is 2.35. The van der Waals surface area contributed by atoms with E-state index in [1.54, 1.807) is 0 Å². The molecule has 0 aliphatic rings. The average Bonchev–Trinajstić information content (AvgIpc) is 2.69. The molecule has 0 heterocycles. The molecule has 0 radical (unpaired) electrons. The second-order valence-corrected chi connectivity index (χ2v) is 6.95. The second-order valence-electron chi connectivity index (χ2n) is 6.51. The Hall–Kier alpha value is -3.23. The summed E-state index contributed by atoms with van der Waals surface area (Å²) in [5.74, 6) is 0. The van der Waals surface area contributed by atoms with Gasteiger partial charge in [0.15, 0.2) is 0 Å². The molecule has 27 heavy (non-hydrogen) atoms. The van der Waals surface area contributed by atoms with Crippen molar-refractivity contribution < 1.29 is 0 Å². The highest BCUT2D eigenvalue weighted by molar-refractivity contribution is 6.30. The van der Waals surface area contributed by atoms with Crippen LogP contribution in [0.4, 0.5) is 11.4 Å². The van der Waals surface area contributed by atoms with Gasteiger partial charge in [0.05, 0.1) is 0 Å². The van der Waals surface area contributed by atoms with Crippen molar-refractivity contribution in [1.82, 2.24) is 0 Å². The molecule has 0 aliphatic carbocycles. The van der Waals surface area contributed by atoms with Crippen molar-refractivity contribution in [1.29, 1.82) is 0 Å². The SMILES string of the molecule is Nc1ccc(-c2ccc(-c3ccc(N)cc3-c3cccc(Cl)c3)cc2)cc1. The Morgan fingerprint density at radius 2 is 1.07 bits per heavy atom. The van der Waals surface area contributed by atoms with Gasteiger partial charge in [-0.25, -0.2) is 0 Å².